The number of likely N-dealkylation sites (tertiary alicyclic amines) is 1. The molecule has 1 amide bonds. The Morgan fingerprint density at radius 3 is 2.58 bits per heavy atom. The Morgan fingerprint density at radius 1 is 1.06 bits per heavy atom. The molecule has 3 aromatic rings. The molecule has 0 radical (unpaired) electrons. The van der Waals surface area contributed by atoms with Crippen LogP contribution >= 0.6 is 0 Å². The zero-order valence-corrected chi connectivity index (χ0v) is 16.6. The van der Waals surface area contributed by atoms with Gasteiger partial charge in [0.2, 0.25) is 11.8 Å². The molecule has 1 aromatic carbocycles. The number of nitrogens with zero attached hydrogens (tertiary/aromatic N) is 4. The van der Waals surface area contributed by atoms with E-state index in [0.717, 1.165) is 30.5 Å². The molecule has 2 saturated heterocycles. The van der Waals surface area contributed by atoms with Crippen LogP contribution in [0.15, 0.2) is 47.1 Å². The molecule has 0 saturated carbocycles. The van der Waals surface area contributed by atoms with Crippen LogP contribution in [0.5, 0.6) is 0 Å². The van der Waals surface area contributed by atoms with Crippen LogP contribution in [0.25, 0.3) is 11.5 Å². The number of amides is 1. The molecule has 0 aliphatic carbocycles. The van der Waals surface area contributed by atoms with Crippen molar-refractivity contribution in [2.45, 2.75) is 18.8 Å². The number of hydrogen-bond donors (Lipinski definition) is 0. The first-order valence-corrected chi connectivity index (χ1v) is 10.1. The Hall–Kier alpha value is -3.20. The molecule has 31 heavy (non-hydrogen) atoms. The summed E-state index contributed by atoms with van der Waals surface area (Å²) in [6.45, 7) is 1.98. The molecule has 2 aromatic heterocycles. The molecule has 4 heterocycles. The van der Waals surface area contributed by atoms with Gasteiger partial charge in [0, 0.05) is 55.2 Å². The van der Waals surface area contributed by atoms with E-state index >= 15 is 0 Å². The highest BCUT2D eigenvalue weighted by atomic mass is 19.2. The Balaban J connectivity index is 1.45. The fourth-order valence-electron chi connectivity index (χ4n) is 4.55. The van der Waals surface area contributed by atoms with Crippen molar-refractivity contribution in [1.82, 2.24) is 20.1 Å². The second kappa shape index (κ2) is 7.81. The van der Waals surface area contributed by atoms with Gasteiger partial charge in [-0.15, -0.1) is 10.2 Å². The number of carbonyl (C=O) groups is 1. The molecule has 1 atom stereocenters. The molecule has 5 rings (SSSR count). The lowest BCUT2D eigenvalue weighted by molar-refractivity contribution is 0.00908. The van der Waals surface area contributed by atoms with Gasteiger partial charge in [0.1, 0.15) is 0 Å². The Labute approximate surface area is 177 Å². The Morgan fingerprint density at radius 2 is 1.84 bits per heavy atom. The maximum absolute atomic E-state index is 13.7. The fraction of sp³-hybridized carbons (Fsp3) is 0.364. The minimum absolute atomic E-state index is 0.116. The van der Waals surface area contributed by atoms with Crippen LogP contribution < -0.4 is 0 Å². The highest BCUT2D eigenvalue weighted by Gasteiger charge is 2.51. The lowest BCUT2D eigenvalue weighted by Crippen LogP contribution is -2.37. The summed E-state index contributed by atoms with van der Waals surface area (Å²) < 4.78 is 38.6. The van der Waals surface area contributed by atoms with Crippen molar-refractivity contribution in [1.29, 1.82) is 0 Å². The van der Waals surface area contributed by atoms with Gasteiger partial charge < -0.3 is 14.1 Å². The van der Waals surface area contributed by atoms with Gasteiger partial charge in [-0.2, -0.15) is 0 Å². The quantitative estimate of drug-likeness (QED) is 0.638. The van der Waals surface area contributed by atoms with Gasteiger partial charge in [0.25, 0.3) is 5.91 Å². The summed E-state index contributed by atoms with van der Waals surface area (Å²) >= 11 is 0. The zero-order valence-electron chi connectivity index (χ0n) is 16.6. The number of halogens is 2. The summed E-state index contributed by atoms with van der Waals surface area (Å²) in [5.74, 6) is -1.68. The number of hydrogen-bond acceptors (Lipinski definition) is 6. The van der Waals surface area contributed by atoms with E-state index in [0.29, 0.717) is 38.1 Å². The number of ether oxygens (including phenoxy) is 1. The van der Waals surface area contributed by atoms with Crippen LogP contribution in [0.4, 0.5) is 8.78 Å². The molecule has 7 nitrogen and oxygen atoms in total. The van der Waals surface area contributed by atoms with Crippen LogP contribution in [0.1, 0.15) is 35.0 Å². The predicted octanol–water partition coefficient (Wildman–Crippen LogP) is 3.45. The average molecular weight is 426 g/mol. The standard InChI is InChI=1S/C22H20F2N4O3/c23-17-2-1-15(11-18(17)24)21(29)28-12-16(22(13-28)5-9-30-10-6-22)20-27-26-19(31-20)14-3-7-25-8-4-14/h1-4,7-8,11,16H,5-6,9-10,12-13H2. The summed E-state index contributed by atoms with van der Waals surface area (Å²) in [4.78, 5) is 18.7. The first-order chi connectivity index (χ1) is 15.1. The molecule has 0 N–H and O–H groups in total. The van der Waals surface area contributed by atoms with Crippen molar-refractivity contribution in [3.05, 3.63) is 65.8 Å². The Kier molecular flexibility index (Phi) is 4.97. The average Bonchev–Trinajstić information content (AvgIpc) is 3.42. The molecule has 2 aliphatic heterocycles. The molecule has 9 heteroatoms. The number of aromatic nitrogens is 3. The highest BCUT2D eigenvalue weighted by molar-refractivity contribution is 5.94. The lowest BCUT2D eigenvalue weighted by Gasteiger charge is -2.36. The maximum Gasteiger partial charge on any atom is 0.254 e. The molecule has 0 bridgehead atoms. The van der Waals surface area contributed by atoms with E-state index < -0.39 is 11.6 Å². The third kappa shape index (κ3) is 3.59. The molecule has 160 valence electrons. The van der Waals surface area contributed by atoms with Gasteiger partial charge in [-0.3, -0.25) is 9.78 Å². The SMILES string of the molecule is O=C(c1ccc(F)c(F)c1)N1CC(c2nnc(-c3ccncc3)o2)C2(CCOCC2)C1. The smallest absolute Gasteiger partial charge is 0.254 e. The van der Waals surface area contributed by atoms with Gasteiger partial charge in [0.05, 0.1) is 5.92 Å². The molecule has 1 unspecified atom stereocenters. The molecule has 2 fully saturated rings. The molecular formula is C22H20F2N4O3. The van der Waals surface area contributed by atoms with Crippen molar-refractivity contribution < 1.29 is 22.7 Å². The monoisotopic (exact) mass is 426 g/mol. The van der Waals surface area contributed by atoms with Crippen molar-refractivity contribution in [3.63, 3.8) is 0 Å². The first kappa shape index (κ1) is 19.7. The zero-order chi connectivity index (χ0) is 21.4. The van der Waals surface area contributed by atoms with Crippen molar-refractivity contribution >= 4 is 5.91 Å². The second-order valence-corrected chi connectivity index (χ2v) is 8.02. The predicted molar refractivity (Wildman–Crippen MR) is 105 cm³/mol. The first-order valence-electron chi connectivity index (χ1n) is 10.1. The third-order valence-electron chi connectivity index (χ3n) is 6.26. The second-order valence-electron chi connectivity index (χ2n) is 8.02. The number of rotatable bonds is 3. The van der Waals surface area contributed by atoms with Gasteiger partial charge in [0.15, 0.2) is 11.6 Å². The minimum Gasteiger partial charge on any atom is -0.420 e. The van der Waals surface area contributed by atoms with Crippen LogP contribution in [-0.2, 0) is 4.74 Å². The van der Waals surface area contributed by atoms with Gasteiger partial charge in [-0.05, 0) is 43.2 Å². The van der Waals surface area contributed by atoms with E-state index in [9.17, 15) is 13.6 Å². The van der Waals surface area contributed by atoms with E-state index in [4.69, 9.17) is 9.15 Å². The topological polar surface area (TPSA) is 81.4 Å². The molecular weight excluding hydrogens is 406 g/mol. The maximum atomic E-state index is 13.7. The normalized spacial score (nSPS) is 20.3. The summed E-state index contributed by atoms with van der Waals surface area (Å²) in [6, 6.07) is 6.79. The van der Waals surface area contributed by atoms with E-state index in [2.05, 4.69) is 15.2 Å². The summed E-state index contributed by atoms with van der Waals surface area (Å²) in [5.41, 5.74) is 0.612. The highest BCUT2D eigenvalue weighted by Crippen LogP contribution is 2.49. The van der Waals surface area contributed by atoms with Gasteiger partial charge in [-0.1, -0.05) is 0 Å². The largest absolute Gasteiger partial charge is 0.420 e. The number of carbonyl (C=O) groups excluding carboxylic acids is 1. The number of pyridine rings is 1. The summed E-state index contributed by atoms with van der Waals surface area (Å²) in [5, 5.41) is 8.48. The van der Waals surface area contributed by atoms with Crippen LogP contribution in [0.2, 0.25) is 0 Å². The summed E-state index contributed by atoms with van der Waals surface area (Å²) in [7, 11) is 0. The van der Waals surface area contributed by atoms with Gasteiger partial charge in [-0.25, -0.2) is 8.78 Å². The van der Waals surface area contributed by atoms with E-state index in [-0.39, 0.29) is 22.8 Å². The third-order valence-corrected chi connectivity index (χ3v) is 6.26. The van der Waals surface area contributed by atoms with Gasteiger partial charge >= 0.3 is 0 Å². The number of benzene rings is 1. The van der Waals surface area contributed by atoms with Crippen molar-refractivity contribution in [3.8, 4) is 11.5 Å². The van der Waals surface area contributed by atoms with E-state index in [1.165, 1.54) is 6.07 Å². The van der Waals surface area contributed by atoms with E-state index in [1.54, 1.807) is 29.4 Å². The lowest BCUT2D eigenvalue weighted by atomic mass is 9.72. The van der Waals surface area contributed by atoms with Crippen LogP contribution in [0.3, 0.4) is 0 Å². The molecule has 1 spiro atoms. The van der Waals surface area contributed by atoms with Crippen LogP contribution in [-0.4, -0.2) is 52.3 Å². The Bertz CT molecular complexity index is 1100. The van der Waals surface area contributed by atoms with Crippen molar-refractivity contribution in [2.75, 3.05) is 26.3 Å². The molecule has 2 aliphatic rings. The fourth-order valence-corrected chi connectivity index (χ4v) is 4.55. The minimum atomic E-state index is -1.04. The van der Waals surface area contributed by atoms with Crippen LogP contribution in [0, 0.1) is 17.0 Å². The summed E-state index contributed by atoms with van der Waals surface area (Å²) in [6.07, 6.45) is 4.78. The van der Waals surface area contributed by atoms with E-state index in [1.807, 2.05) is 0 Å². The van der Waals surface area contributed by atoms with Crippen molar-refractivity contribution in [2.24, 2.45) is 5.41 Å².